The number of rotatable bonds is 2. The van der Waals surface area contributed by atoms with E-state index in [0.717, 1.165) is 12.3 Å². The van der Waals surface area contributed by atoms with E-state index in [2.05, 4.69) is 5.32 Å². The zero-order chi connectivity index (χ0) is 15.8. The van der Waals surface area contributed by atoms with Crippen molar-refractivity contribution in [2.24, 2.45) is 0 Å². The first-order valence-corrected chi connectivity index (χ1v) is 6.89. The third-order valence-corrected chi connectivity index (χ3v) is 3.36. The Bertz CT molecular complexity index is 611. The number of halogens is 2. The predicted octanol–water partition coefficient (Wildman–Crippen LogP) is 2.27. The van der Waals surface area contributed by atoms with E-state index in [9.17, 15) is 19.1 Å². The molecule has 2 rings (SSSR count). The third kappa shape index (κ3) is 3.43. The van der Waals surface area contributed by atoms with Gasteiger partial charge in [-0.1, -0.05) is 0 Å². The summed E-state index contributed by atoms with van der Waals surface area (Å²) in [6.07, 6.45) is 1.05. The standard InChI is InChI=1S/C13H11FINO5/c1-13(2)20-11(18)7(12(19)21-13)5-16-10-8(15)3-6(14)4-9(10)17/h3-5,16-17H,1-2H3. The minimum atomic E-state index is -1.32. The van der Waals surface area contributed by atoms with Gasteiger partial charge in [0.25, 0.3) is 5.79 Å². The van der Waals surface area contributed by atoms with Crippen molar-refractivity contribution in [2.45, 2.75) is 19.6 Å². The minimum Gasteiger partial charge on any atom is -0.506 e. The summed E-state index contributed by atoms with van der Waals surface area (Å²) >= 11 is 1.80. The number of hydrogen-bond donors (Lipinski definition) is 2. The average molecular weight is 407 g/mol. The van der Waals surface area contributed by atoms with Crippen LogP contribution in [0.3, 0.4) is 0 Å². The van der Waals surface area contributed by atoms with Gasteiger partial charge in [-0.3, -0.25) is 0 Å². The second kappa shape index (κ2) is 5.51. The topological polar surface area (TPSA) is 84.9 Å². The molecule has 0 aliphatic carbocycles. The number of carbonyl (C=O) groups excluding carboxylic acids is 2. The average Bonchev–Trinajstić information content (AvgIpc) is 2.29. The van der Waals surface area contributed by atoms with Gasteiger partial charge in [-0.15, -0.1) is 0 Å². The molecule has 0 bridgehead atoms. The van der Waals surface area contributed by atoms with Crippen LogP contribution in [0.15, 0.2) is 23.9 Å². The summed E-state index contributed by atoms with van der Waals surface area (Å²) < 4.78 is 23.3. The van der Waals surface area contributed by atoms with Crippen LogP contribution in [0.5, 0.6) is 5.75 Å². The van der Waals surface area contributed by atoms with Crippen molar-refractivity contribution in [3.05, 3.63) is 33.3 Å². The zero-order valence-electron chi connectivity index (χ0n) is 11.1. The molecule has 1 fully saturated rings. The zero-order valence-corrected chi connectivity index (χ0v) is 13.2. The maximum Gasteiger partial charge on any atom is 0.350 e. The van der Waals surface area contributed by atoms with Gasteiger partial charge in [0.15, 0.2) is 5.57 Å². The van der Waals surface area contributed by atoms with Crippen molar-refractivity contribution in [3.8, 4) is 5.75 Å². The van der Waals surface area contributed by atoms with Crippen LogP contribution >= 0.6 is 22.6 Å². The molecule has 1 aromatic carbocycles. The Morgan fingerprint density at radius 2 is 1.86 bits per heavy atom. The van der Waals surface area contributed by atoms with Crippen LogP contribution in [0.1, 0.15) is 13.8 Å². The summed E-state index contributed by atoms with van der Waals surface area (Å²) in [5.74, 6) is -3.97. The largest absolute Gasteiger partial charge is 0.506 e. The highest BCUT2D eigenvalue weighted by molar-refractivity contribution is 14.1. The molecule has 2 N–H and O–H groups in total. The lowest BCUT2D eigenvalue weighted by atomic mass is 10.2. The number of nitrogens with one attached hydrogen (secondary N) is 1. The molecule has 8 heteroatoms. The maximum atomic E-state index is 13.1. The first kappa shape index (κ1) is 15.5. The summed E-state index contributed by atoms with van der Waals surface area (Å²) in [7, 11) is 0. The van der Waals surface area contributed by atoms with E-state index in [4.69, 9.17) is 9.47 Å². The fourth-order valence-corrected chi connectivity index (χ4v) is 2.36. The van der Waals surface area contributed by atoms with Gasteiger partial charge in [0.05, 0.1) is 5.69 Å². The quantitative estimate of drug-likeness (QED) is 0.257. The van der Waals surface area contributed by atoms with Crippen LogP contribution < -0.4 is 5.32 Å². The highest BCUT2D eigenvalue weighted by atomic mass is 127. The molecule has 0 amide bonds. The lowest BCUT2D eigenvalue weighted by Gasteiger charge is -2.29. The Balaban J connectivity index is 2.26. The summed E-state index contributed by atoms with van der Waals surface area (Å²) in [6.45, 7) is 2.86. The van der Waals surface area contributed by atoms with E-state index < -0.39 is 23.5 Å². The molecule has 1 aliphatic heterocycles. The lowest BCUT2D eigenvalue weighted by molar-refractivity contribution is -0.222. The van der Waals surface area contributed by atoms with E-state index in [0.29, 0.717) is 3.57 Å². The number of hydrogen-bond acceptors (Lipinski definition) is 6. The van der Waals surface area contributed by atoms with Crippen molar-refractivity contribution in [3.63, 3.8) is 0 Å². The van der Waals surface area contributed by atoms with Crippen LogP contribution in [0.25, 0.3) is 0 Å². The van der Waals surface area contributed by atoms with E-state index in [1.165, 1.54) is 19.9 Å². The molecule has 0 saturated carbocycles. The Morgan fingerprint density at radius 3 is 2.38 bits per heavy atom. The second-order valence-electron chi connectivity index (χ2n) is 4.66. The molecular weight excluding hydrogens is 396 g/mol. The van der Waals surface area contributed by atoms with Crippen molar-refractivity contribution >= 4 is 40.2 Å². The molecule has 1 saturated heterocycles. The highest BCUT2D eigenvalue weighted by Crippen LogP contribution is 2.30. The fraction of sp³-hybridized carbons (Fsp3) is 0.231. The highest BCUT2D eigenvalue weighted by Gasteiger charge is 2.39. The molecule has 6 nitrogen and oxygen atoms in total. The first-order valence-electron chi connectivity index (χ1n) is 5.81. The van der Waals surface area contributed by atoms with Crippen LogP contribution in [0, 0.1) is 9.39 Å². The van der Waals surface area contributed by atoms with Crippen LogP contribution in [0.4, 0.5) is 10.1 Å². The summed E-state index contributed by atoms with van der Waals surface area (Å²) in [5.41, 5.74) is -0.191. The summed E-state index contributed by atoms with van der Waals surface area (Å²) in [6, 6.07) is 2.09. The summed E-state index contributed by atoms with van der Waals surface area (Å²) in [4.78, 5) is 23.4. The van der Waals surface area contributed by atoms with E-state index in [1.807, 2.05) is 0 Å². The SMILES string of the molecule is CC1(C)OC(=O)C(=CNc2c(O)cc(F)cc2I)C(=O)O1. The number of aromatic hydroxyl groups is 1. The van der Waals surface area contributed by atoms with Gasteiger partial charge in [-0.25, -0.2) is 14.0 Å². The number of phenols is 1. The van der Waals surface area contributed by atoms with Crippen molar-refractivity contribution in [1.82, 2.24) is 0 Å². The molecule has 0 radical (unpaired) electrons. The lowest BCUT2D eigenvalue weighted by Crippen LogP contribution is -2.42. The minimum absolute atomic E-state index is 0.162. The number of carbonyl (C=O) groups is 2. The van der Waals surface area contributed by atoms with Crippen LogP contribution in [0.2, 0.25) is 0 Å². The Hall–Kier alpha value is -1.84. The molecular formula is C13H11FINO5. The number of cyclic esters (lactones) is 2. The smallest absolute Gasteiger partial charge is 0.350 e. The van der Waals surface area contributed by atoms with Gasteiger partial charge in [0.2, 0.25) is 0 Å². The molecule has 0 aromatic heterocycles. The Kier molecular flexibility index (Phi) is 4.08. The van der Waals surface area contributed by atoms with Crippen molar-refractivity contribution in [2.75, 3.05) is 5.32 Å². The number of benzene rings is 1. The van der Waals surface area contributed by atoms with Crippen LogP contribution in [-0.4, -0.2) is 22.8 Å². The molecule has 1 aromatic rings. The predicted molar refractivity (Wildman–Crippen MR) is 78.8 cm³/mol. The van der Waals surface area contributed by atoms with E-state index >= 15 is 0 Å². The van der Waals surface area contributed by atoms with Gasteiger partial charge in [0, 0.05) is 29.7 Å². The molecule has 1 aliphatic rings. The Labute approximate surface area is 133 Å². The molecule has 21 heavy (non-hydrogen) atoms. The van der Waals surface area contributed by atoms with Gasteiger partial charge < -0.3 is 19.9 Å². The molecule has 0 unspecified atom stereocenters. The van der Waals surface area contributed by atoms with Gasteiger partial charge in [0.1, 0.15) is 11.6 Å². The van der Waals surface area contributed by atoms with Gasteiger partial charge in [-0.05, 0) is 28.7 Å². The van der Waals surface area contributed by atoms with E-state index in [-0.39, 0.29) is 17.0 Å². The third-order valence-electron chi connectivity index (χ3n) is 2.51. The number of phenolic OH excluding ortho intramolecular Hbond substituents is 1. The molecule has 0 atom stereocenters. The number of anilines is 1. The first-order chi connectivity index (χ1) is 9.69. The monoisotopic (exact) mass is 407 g/mol. The van der Waals surface area contributed by atoms with Gasteiger partial charge in [-0.2, -0.15) is 0 Å². The normalized spacial score (nSPS) is 17.0. The molecule has 0 spiro atoms. The molecule has 112 valence electrons. The number of esters is 2. The maximum absolute atomic E-state index is 13.1. The molecule has 1 heterocycles. The second-order valence-corrected chi connectivity index (χ2v) is 5.83. The fourth-order valence-electron chi connectivity index (χ4n) is 1.63. The van der Waals surface area contributed by atoms with Crippen LogP contribution in [-0.2, 0) is 19.1 Å². The Morgan fingerprint density at radius 1 is 1.29 bits per heavy atom. The van der Waals surface area contributed by atoms with E-state index in [1.54, 1.807) is 22.6 Å². The van der Waals surface area contributed by atoms with Crippen molar-refractivity contribution < 1.29 is 28.6 Å². The summed E-state index contributed by atoms with van der Waals surface area (Å²) in [5, 5.41) is 12.2. The number of ether oxygens (including phenoxy) is 2. The van der Waals surface area contributed by atoms with Crippen molar-refractivity contribution in [1.29, 1.82) is 0 Å². The van der Waals surface area contributed by atoms with Gasteiger partial charge >= 0.3 is 11.9 Å².